The molecule has 1 saturated heterocycles. The second-order valence-electron chi connectivity index (χ2n) is 7.26. The Balaban J connectivity index is 1.76. The molecule has 0 saturated carbocycles. The van der Waals surface area contributed by atoms with E-state index in [0.29, 0.717) is 11.7 Å². The van der Waals surface area contributed by atoms with Crippen molar-refractivity contribution in [1.82, 2.24) is 19.8 Å². The summed E-state index contributed by atoms with van der Waals surface area (Å²) in [6.07, 6.45) is 3.86. The van der Waals surface area contributed by atoms with Crippen LogP contribution in [0.1, 0.15) is 23.5 Å². The Labute approximate surface area is 176 Å². The van der Waals surface area contributed by atoms with E-state index in [0.717, 1.165) is 22.8 Å². The Morgan fingerprint density at radius 2 is 1.90 bits per heavy atom. The van der Waals surface area contributed by atoms with Crippen molar-refractivity contribution in [3.63, 3.8) is 0 Å². The number of pyridine rings is 1. The molecule has 1 aliphatic rings. The maximum atomic E-state index is 9.63. The molecular formula is C22H25N5OS. The molecule has 7 heteroatoms. The van der Waals surface area contributed by atoms with Crippen LogP contribution in [0.15, 0.2) is 67.0 Å². The molecule has 1 aromatic carbocycles. The van der Waals surface area contributed by atoms with Gasteiger partial charge in [0.25, 0.3) is 0 Å². The van der Waals surface area contributed by atoms with Crippen molar-refractivity contribution in [2.75, 3.05) is 32.1 Å². The first-order valence-electron chi connectivity index (χ1n) is 9.64. The van der Waals surface area contributed by atoms with Crippen molar-refractivity contribution in [2.45, 2.75) is 12.1 Å². The van der Waals surface area contributed by atoms with Crippen LogP contribution >= 0.6 is 12.2 Å². The lowest BCUT2D eigenvalue weighted by atomic mass is 10.0. The first-order chi connectivity index (χ1) is 14.1. The first-order valence-corrected chi connectivity index (χ1v) is 10.0. The lowest BCUT2D eigenvalue weighted by Gasteiger charge is -2.28. The van der Waals surface area contributed by atoms with E-state index in [4.69, 9.17) is 12.2 Å². The van der Waals surface area contributed by atoms with E-state index in [9.17, 15) is 5.11 Å². The SMILES string of the molecule is CN(C)c1ccc(-n2cccc2C2C(c3ccccn3)NC(=S)N2CCO)cc1. The van der Waals surface area contributed by atoms with Crippen molar-refractivity contribution >= 4 is 23.0 Å². The standard InChI is InChI=1S/C22H25N5OS/c1-25(2)16-8-10-17(11-9-16)26-13-5-7-19(26)21-20(18-6-3-4-12-23-18)24-22(29)27(21)14-15-28/h3-13,20-21,28H,14-15H2,1-2H3,(H,24,29). The molecule has 0 aliphatic carbocycles. The zero-order valence-electron chi connectivity index (χ0n) is 16.6. The van der Waals surface area contributed by atoms with Crippen molar-refractivity contribution < 1.29 is 5.11 Å². The number of nitrogens with zero attached hydrogens (tertiary/aromatic N) is 4. The zero-order chi connectivity index (χ0) is 20.4. The highest BCUT2D eigenvalue weighted by Gasteiger charge is 2.40. The lowest BCUT2D eigenvalue weighted by Crippen LogP contribution is -2.32. The quantitative estimate of drug-likeness (QED) is 0.613. The summed E-state index contributed by atoms with van der Waals surface area (Å²) in [5, 5.41) is 13.7. The second-order valence-corrected chi connectivity index (χ2v) is 7.64. The predicted molar refractivity (Wildman–Crippen MR) is 119 cm³/mol. The highest BCUT2D eigenvalue weighted by molar-refractivity contribution is 7.80. The smallest absolute Gasteiger partial charge is 0.170 e. The lowest BCUT2D eigenvalue weighted by molar-refractivity contribution is 0.220. The topological polar surface area (TPSA) is 56.6 Å². The summed E-state index contributed by atoms with van der Waals surface area (Å²) < 4.78 is 2.18. The van der Waals surface area contributed by atoms with Crippen LogP contribution in [-0.4, -0.2) is 51.9 Å². The summed E-state index contributed by atoms with van der Waals surface area (Å²) in [6, 6.07) is 18.3. The molecule has 0 spiro atoms. The van der Waals surface area contributed by atoms with Gasteiger partial charge in [-0.25, -0.2) is 0 Å². The molecule has 2 N–H and O–H groups in total. The molecule has 0 amide bonds. The number of β-amino-alcohol motifs (C(OH)–C–C–N with tert-alkyl or cyclic N) is 1. The van der Waals surface area contributed by atoms with Crippen molar-refractivity contribution in [3.8, 4) is 5.69 Å². The van der Waals surface area contributed by atoms with Gasteiger partial charge in [-0.15, -0.1) is 0 Å². The minimum Gasteiger partial charge on any atom is -0.395 e. The number of rotatable bonds is 6. The van der Waals surface area contributed by atoms with Gasteiger partial charge >= 0.3 is 0 Å². The van der Waals surface area contributed by atoms with E-state index in [-0.39, 0.29) is 18.7 Å². The average Bonchev–Trinajstić information content (AvgIpc) is 3.34. The van der Waals surface area contributed by atoms with Gasteiger partial charge in [0.1, 0.15) is 0 Å². The maximum Gasteiger partial charge on any atom is 0.170 e. The van der Waals surface area contributed by atoms with Crippen LogP contribution in [0.25, 0.3) is 5.69 Å². The van der Waals surface area contributed by atoms with Crippen LogP contribution in [0.5, 0.6) is 0 Å². The minimum absolute atomic E-state index is 0.0332. The third-order valence-electron chi connectivity index (χ3n) is 5.27. The highest BCUT2D eigenvalue weighted by atomic mass is 32.1. The third kappa shape index (κ3) is 3.71. The molecule has 2 atom stereocenters. The fourth-order valence-corrected chi connectivity index (χ4v) is 4.19. The summed E-state index contributed by atoms with van der Waals surface area (Å²) in [5.74, 6) is 0. The largest absolute Gasteiger partial charge is 0.395 e. The summed E-state index contributed by atoms with van der Waals surface area (Å²) in [5.41, 5.74) is 4.26. The van der Waals surface area contributed by atoms with Gasteiger partial charge in [0.05, 0.1) is 24.4 Å². The number of nitrogens with one attached hydrogen (secondary N) is 1. The van der Waals surface area contributed by atoms with E-state index in [1.54, 1.807) is 6.20 Å². The summed E-state index contributed by atoms with van der Waals surface area (Å²) in [7, 11) is 4.07. The van der Waals surface area contributed by atoms with Gasteiger partial charge in [0.15, 0.2) is 5.11 Å². The third-order valence-corrected chi connectivity index (χ3v) is 5.62. The Morgan fingerprint density at radius 1 is 1.10 bits per heavy atom. The Morgan fingerprint density at radius 3 is 2.55 bits per heavy atom. The first kappa shape index (κ1) is 19.4. The number of aromatic nitrogens is 2. The molecular weight excluding hydrogens is 382 g/mol. The van der Waals surface area contributed by atoms with Gasteiger partial charge in [0.2, 0.25) is 0 Å². The van der Waals surface area contributed by atoms with Crippen LogP contribution in [0.2, 0.25) is 0 Å². The van der Waals surface area contributed by atoms with Crippen molar-refractivity contribution in [3.05, 3.63) is 78.4 Å². The number of aliphatic hydroxyl groups is 1. The molecule has 29 heavy (non-hydrogen) atoms. The Bertz CT molecular complexity index is 970. The van der Waals surface area contributed by atoms with Gasteiger partial charge in [0, 0.05) is 50.1 Å². The zero-order valence-corrected chi connectivity index (χ0v) is 17.4. The predicted octanol–water partition coefficient (Wildman–Crippen LogP) is 2.90. The van der Waals surface area contributed by atoms with E-state index < -0.39 is 0 Å². The molecule has 0 bridgehead atoms. The molecule has 6 nitrogen and oxygen atoms in total. The Kier molecular flexibility index (Phi) is 5.51. The Hall–Kier alpha value is -2.90. The monoisotopic (exact) mass is 407 g/mol. The molecule has 2 unspecified atom stereocenters. The van der Waals surface area contributed by atoms with Gasteiger partial charge < -0.3 is 24.8 Å². The summed E-state index contributed by atoms with van der Waals surface area (Å²) >= 11 is 5.60. The van der Waals surface area contributed by atoms with Gasteiger partial charge in [-0.3, -0.25) is 4.98 Å². The van der Waals surface area contributed by atoms with E-state index in [1.165, 1.54) is 0 Å². The number of hydrogen-bond acceptors (Lipinski definition) is 4. The van der Waals surface area contributed by atoms with Crippen LogP contribution in [0, 0.1) is 0 Å². The summed E-state index contributed by atoms with van der Waals surface area (Å²) in [4.78, 5) is 8.69. The molecule has 2 aromatic heterocycles. The number of hydrogen-bond donors (Lipinski definition) is 2. The fourth-order valence-electron chi connectivity index (χ4n) is 3.86. The molecule has 3 heterocycles. The average molecular weight is 408 g/mol. The highest BCUT2D eigenvalue weighted by Crippen LogP contribution is 2.39. The molecule has 4 rings (SSSR count). The van der Waals surface area contributed by atoms with Crippen molar-refractivity contribution in [2.24, 2.45) is 0 Å². The van der Waals surface area contributed by atoms with E-state index in [1.807, 2.05) is 38.4 Å². The normalized spacial score (nSPS) is 18.7. The van der Waals surface area contributed by atoms with Crippen molar-refractivity contribution in [1.29, 1.82) is 0 Å². The number of anilines is 1. The molecule has 1 aliphatic heterocycles. The molecule has 150 valence electrons. The molecule has 3 aromatic rings. The summed E-state index contributed by atoms with van der Waals surface area (Å²) in [6.45, 7) is 0.496. The van der Waals surface area contributed by atoms with Crippen LogP contribution in [0.4, 0.5) is 5.69 Å². The number of aliphatic hydroxyl groups excluding tert-OH is 1. The van der Waals surface area contributed by atoms with Crippen LogP contribution in [0.3, 0.4) is 0 Å². The second kappa shape index (κ2) is 8.23. The minimum atomic E-state index is -0.0926. The van der Waals surface area contributed by atoms with Crippen LogP contribution < -0.4 is 10.2 Å². The van der Waals surface area contributed by atoms with Gasteiger partial charge in [-0.2, -0.15) is 0 Å². The molecule has 1 fully saturated rings. The van der Waals surface area contributed by atoms with Gasteiger partial charge in [-0.1, -0.05) is 6.07 Å². The number of benzene rings is 1. The van der Waals surface area contributed by atoms with Crippen LogP contribution in [-0.2, 0) is 0 Å². The maximum absolute atomic E-state index is 9.63. The van der Waals surface area contributed by atoms with E-state index in [2.05, 4.69) is 61.2 Å². The van der Waals surface area contributed by atoms with Gasteiger partial charge in [-0.05, 0) is 60.7 Å². The molecule has 0 radical (unpaired) electrons. The van der Waals surface area contributed by atoms with E-state index >= 15 is 0 Å². The number of thiocarbonyl (C=S) groups is 1. The fraction of sp³-hybridized carbons (Fsp3) is 0.273.